The summed E-state index contributed by atoms with van der Waals surface area (Å²) in [5.41, 5.74) is 0.561. The van der Waals surface area contributed by atoms with Gasteiger partial charge >= 0.3 is 5.97 Å². The minimum absolute atomic E-state index is 0.164. The molecule has 4 rings (SSSR count). The SMILES string of the molecule is C=CCCOC(=O)[C@@H]1[C@@H]2CCC3(O2)C(C(=O)N(CC=C)c2ccc(N(CC)CC)cc2)N([C@@H](CO)CC(C)C)C(=O)[C@H]13. The molecule has 1 spiro atoms. The van der Waals surface area contributed by atoms with Crippen molar-refractivity contribution in [2.75, 3.05) is 42.6 Å². The van der Waals surface area contributed by atoms with Crippen molar-refractivity contribution in [2.45, 2.75) is 77.2 Å². The van der Waals surface area contributed by atoms with Gasteiger partial charge in [-0.3, -0.25) is 14.4 Å². The van der Waals surface area contributed by atoms with Crippen LogP contribution in [0.4, 0.5) is 11.4 Å². The molecule has 0 aromatic heterocycles. The lowest BCUT2D eigenvalue weighted by molar-refractivity contribution is -0.155. The lowest BCUT2D eigenvalue weighted by Gasteiger charge is -2.39. The highest BCUT2D eigenvalue weighted by atomic mass is 16.6. The molecule has 0 saturated carbocycles. The van der Waals surface area contributed by atoms with Crippen molar-refractivity contribution in [3.63, 3.8) is 0 Å². The number of fused-ring (bicyclic) bond motifs is 1. The third-order valence-electron chi connectivity index (χ3n) is 9.03. The number of carbonyl (C=O) groups is 3. The zero-order valence-electron chi connectivity index (χ0n) is 25.5. The monoisotopic (exact) mass is 581 g/mol. The molecular formula is C33H47N3O6. The van der Waals surface area contributed by atoms with Crippen molar-refractivity contribution >= 4 is 29.2 Å². The van der Waals surface area contributed by atoms with E-state index in [4.69, 9.17) is 9.47 Å². The normalized spacial score (nSPS) is 26.7. The zero-order chi connectivity index (χ0) is 30.6. The van der Waals surface area contributed by atoms with Gasteiger partial charge in [-0.05, 0) is 69.7 Å². The van der Waals surface area contributed by atoms with E-state index in [1.165, 1.54) is 0 Å². The number of rotatable bonds is 15. The van der Waals surface area contributed by atoms with Gasteiger partial charge in [0, 0.05) is 31.0 Å². The first-order chi connectivity index (χ1) is 20.2. The summed E-state index contributed by atoms with van der Waals surface area (Å²) in [5.74, 6) is -2.58. The smallest absolute Gasteiger partial charge is 0.312 e. The van der Waals surface area contributed by atoms with Crippen LogP contribution in [0, 0.1) is 17.8 Å². The number of benzene rings is 1. The zero-order valence-corrected chi connectivity index (χ0v) is 25.5. The average Bonchev–Trinajstić information content (AvgIpc) is 3.63. The number of esters is 1. The molecule has 1 aromatic rings. The van der Waals surface area contributed by atoms with Crippen LogP contribution in [-0.4, -0.2) is 84.4 Å². The number of ether oxygens (including phenoxy) is 2. The summed E-state index contributed by atoms with van der Waals surface area (Å²) in [6, 6.07) is 6.22. The minimum atomic E-state index is -1.17. The highest BCUT2D eigenvalue weighted by molar-refractivity contribution is 6.05. The number of amides is 2. The quantitative estimate of drug-likeness (QED) is 0.190. The summed E-state index contributed by atoms with van der Waals surface area (Å²) in [6.07, 6.45) is 4.88. The Bertz CT molecular complexity index is 1150. The molecule has 6 atom stereocenters. The maximum atomic E-state index is 14.7. The number of hydrogen-bond acceptors (Lipinski definition) is 7. The summed E-state index contributed by atoms with van der Waals surface area (Å²) < 4.78 is 12.1. The number of aliphatic hydroxyl groups excluding tert-OH is 1. The Kier molecular flexibility index (Phi) is 10.1. The van der Waals surface area contributed by atoms with Crippen LogP contribution in [0.2, 0.25) is 0 Å². The van der Waals surface area contributed by atoms with E-state index in [-0.39, 0.29) is 37.5 Å². The fourth-order valence-electron chi connectivity index (χ4n) is 7.22. The standard InChI is InChI=1S/C33H47N3O6/c1-7-11-19-41-32(40)27-26-16-17-33(42-26)28(27)30(38)36(25(21-37)20-22(5)6)29(33)31(39)35(18-8-2)24-14-12-23(13-15-24)34(9-3)10-4/h7-8,12-15,22,25-29,37H,1-2,9-11,16-21H2,3-6H3/t25-,26+,27-,28+,29?,33?/m1/s1. The van der Waals surface area contributed by atoms with E-state index in [9.17, 15) is 19.5 Å². The van der Waals surface area contributed by atoms with Crippen molar-refractivity contribution in [3.05, 3.63) is 49.6 Å². The van der Waals surface area contributed by atoms with Crippen LogP contribution in [0.5, 0.6) is 0 Å². The predicted octanol–water partition coefficient (Wildman–Crippen LogP) is 3.95. The molecule has 1 N–H and O–H groups in total. The van der Waals surface area contributed by atoms with Crippen molar-refractivity contribution in [2.24, 2.45) is 17.8 Å². The number of likely N-dealkylation sites (tertiary alicyclic amines) is 1. The summed E-state index contributed by atoms with van der Waals surface area (Å²) in [4.78, 5) is 47.8. The van der Waals surface area contributed by atoms with Gasteiger partial charge in [0.1, 0.15) is 11.6 Å². The molecule has 3 fully saturated rings. The van der Waals surface area contributed by atoms with E-state index in [1.807, 2.05) is 38.1 Å². The van der Waals surface area contributed by atoms with E-state index in [1.54, 1.807) is 22.0 Å². The van der Waals surface area contributed by atoms with Gasteiger partial charge in [-0.25, -0.2) is 0 Å². The van der Waals surface area contributed by atoms with Crippen LogP contribution >= 0.6 is 0 Å². The van der Waals surface area contributed by atoms with Crippen LogP contribution in [0.25, 0.3) is 0 Å². The Morgan fingerprint density at radius 2 is 1.83 bits per heavy atom. The van der Waals surface area contributed by atoms with Crippen LogP contribution in [0.1, 0.15) is 53.4 Å². The number of nitrogens with zero attached hydrogens (tertiary/aromatic N) is 3. The molecule has 2 unspecified atom stereocenters. The molecule has 0 aliphatic carbocycles. The van der Waals surface area contributed by atoms with Gasteiger partial charge < -0.3 is 29.3 Å². The molecule has 2 amide bonds. The van der Waals surface area contributed by atoms with E-state index >= 15 is 0 Å². The first-order valence-electron chi connectivity index (χ1n) is 15.3. The highest BCUT2D eigenvalue weighted by Gasteiger charge is 2.75. The maximum absolute atomic E-state index is 14.7. The van der Waals surface area contributed by atoms with Crippen molar-refractivity contribution < 1.29 is 29.0 Å². The van der Waals surface area contributed by atoms with Crippen molar-refractivity contribution in [1.29, 1.82) is 0 Å². The third-order valence-corrected chi connectivity index (χ3v) is 9.03. The van der Waals surface area contributed by atoms with Crippen LogP contribution < -0.4 is 9.80 Å². The van der Waals surface area contributed by atoms with Gasteiger partial charge in [0.2, 0.25) is 5.91 Å². The summed E-state index contributed by atoms with van der Waals surface area (Å²) in [6.45, 7) is 17.6. The third kappa shape index (κ3) is 5.61. The average molecular weight is 582 g/mol. The molecule has 3 heterocycles. The van der Waals surface area contributed by atoms with Gasteiger partial charge in [-0.1, -0.05) is 26.0 Å². The molecular weight excluding hydrogens is 534 g/mol. The summed E-state index contributed by atoms with van der Waals surface area (Å²) >= 11 is 0. The summed E-state index contributed by atoms with van der Waals surface area (Å²) in [7, 11) is 0. The second-order valence-electron chi connectivity index (χ2n) is 11.9. The highest BCUT2D eigenvalue weighted by Crippen LogP contribution is 2.59. The van der Waals surface area contributed by atoms with E-state index in [2.05, 4.69) is 31.9 Å². The van der Waals surface area contributed by atoms with Crippen LogP contribution in [-0.2, 0) is 23.9 Å². The largest absolute Gasteiger partial charge is 0.465 e. The Balaban J connectivity index is 1.76. The lowest BCUT2D eigenvalue weighted by atomic mass is 9.70. The first kappa shape index (κ1) is 31.8. The van der Waals surface area contributed by atoms with E-state index in [0.29, 0.717) is 31.4 Å². The molecule has 2 bridgehead atoms. The molecule has 1 aromatic carbocycles. The molecule has 42 heavy (non-hydrogen) atoms. The van der Waals surface area contributed by atoms with Gasteiger partial charge in [-0.2, -0.15) is 0 Å². The Morgan fingerprint density at radius 1 is 1.17 bits per heavy atom. The van der Waals surface area contributed by atoms with Gasteiger partial charge in [0.15, 0.2) is 0 Å². The van der Waals surface area contributed by atoms with Gasteiger partial charge in [-0.15, -0.1) is 13.2 Å². The van der Waals surface area contributed by atoms with Crippen LogP contribution in [0.3, 0.4) is 0 Å². The van der Waals surface area contributed by atoms with Crippen LogP contribution in [0.15, 0.2) is 49.6 Å². The van der Waals surface area contributed by atoms with Crippen molar-refractivity contribution in [1.82, 2.24) is 4.90 Å². The van der Waals surface area contributed by atoms with E-state index in [0.717, 1.165) is 18.8 Å². The molecule has 9 nitrogen and oxygen atoms in total. The Morgan fingerprint density at radius 3 is 2.40 bits per heavy atom. The number of aliphatic hydroxyl groups is 1. The second-order valence-corrected chi connectivity index (χ2v) is 11.9. The molecule has 3 aliphatic rings. The molecule has 0 radical (unpaired) electrons. The number of carbonyl (C=O) groups excluding carboxylic acids is 3. The van der Waals surface area contributed by atoms with Crippen molar-refractivity contribution in [3.8, 4) is 0 Å². The topological polar surface area (TPSA) is 99.6 Å². The predicted molar refractivity (Wildman–Crippen MR) is 163 cm³/mol. The Labute approximate surface area is 250 Å². The lowest BCUT2D eigenvalue weighted by Crippen LogP contribution is -2.59. The number of anilines is 2. The molecule has 9 heteroatoms. The van der Waals surface area contributed by atoms with Gasteiger partial charge in [0.05, 0.1) is 37.2 Å². The summed E-state index contributed by atoms with van der Waals surface area (Å²) in [5, 5.41) is 10.5. The van der Waals surface area contributed by atoms with E-state index < -0.39 is 41.6 Å². The molecule has 3 aliphatic heterocycles. The Hall–Kier alpha value is -3.17. The second kappa shape index (κ2) is 13.4. The molecule has 230 valence electrons. The van der Waals surface area contributed by atoms with Gasteiger partial charge in [0.25, 0.3) is 5.91 Å². The fraction of sp³-hybridized carbons (Fsp3) is 0.606. The fourth-order valence-corrected chi connectivity index (χ4v) is 7.22. The minimum Gasteiger partial charge on any atom is -0.465 e. The molecule has 3 saturated heterocycles. The number of hydrogen-bond donors (Lipinski definition) is 1. The maximum Gasteiger partial charge on any atom is 0.312 e. The first-order valence-corrected chi connectivity index (χ1v) is 15.3.